The topological polar surface area (TPSA) is 68.5 Å². The average molecular weight is 192 g/mol. The molecule has 1 heterocycles. The molecule has 2 aliphatic rings. The Morgan fingerprint density at radius 1 is 1.64 bits per heavy atom. The first-order valence-corrected chi connectivity index (χ1v) is 4.85. The Balaban J connectivity index is 2.10. The highest BCUT2D eigenvalue weighted by atomic mass is 16.2. The van der Waals surface area contributed by atoms with Gasteiger partial charge in [-0.05, 0) is 19.3 Å². The molecule has 1 N–H and O–H groups in total. The van der Waals surface area contributed by atoms with E-state index in [0.717, 1.165) is 25.8 Å². The number of hydrogen-bond donors (Lipinski definition) is 1. The van der Waals surface area contributed by atoms with E-state index in [1.807, 2.05) is 0 Å². The van der Waals surface area contributed by atoms with Crippen LogP contribution in [0.25, 0.3) is 0 Å². The molecule has 74 valence electrons. The van der Waals surface area contributed by atoms with Crippen molar-refractivity contribution in [3.8, 4) is 6.19 Å². The van der Waals surface area contributed by atoms with Crippen LogP contribution < -0.4 is 5.32 Å². The van der Waals surface area contributed by atoms with E-state index in [1.165, 1.54) is 0 Å². The third-order valence-electron chi connectivity index (χ3n) is 2.45. The quantitative estimate of drug-likeness (QED) is 0.597. The third-order valence-corrected chi connectivity index (χ3v) is 2.45. The lowest BCUT2D eigenvalue weighted by molar-refractivity contribution is -0.129. The molecule has 0 aromatic heterocycles. The summed E-state index contributed by atoms with van der Waals surface area (Å²) in [5, 5.41) is 11.4. The van der Waals surface area contributed by atoms with Crippen LogP contribution in [-0.4, -0.2) is 29.9 Å². The molecule has 0 spiro atoms. The number of nitriles is 1. The van der Waals surface area contributed by atoms with Crippen molar-refractivity contribution in [2.45, 2.75) is 19.3 Å². The molecule has 1 amide bonds. The Labute approximate surface area is 82.4 Å². The Morgan fingerprint density at radius 3 is 3.07 bits per heavy atom. The molecule has 2 fully saturated rings. The zero-order valence-corrected chi connectivity index (χ0v) is 7.86. The number of nitrogens with one attached hydrogen (secondary N) is 1. The Bertz CT molecular complexity index is 313. The summed E-state index contributed by atoms with van der Waals surface area (Å²) in [6.07, 6.45) is 4.60. The standard InChI is InChI=1S/C9H12N4O/c10-6-12-9-11-4-1-5-13(9)8(14)7-2-3-7/h7H,1-5H2,(H,11,12). The van der Waals surface area contributed by atoms with Gasteiger partial charge in [-0.1, -0.05) is 0 Å². The van der Waals surface area contributed by atoms with Crippen molar-refractivity contribution in [3.05, 3.63) is 0 Å². The Morgan fingerprint density at radius 2 is 2.43 bits per heavy atom. The van der Waals surface area contributed by atoms with Crippen LogP contribution in [0.2, 0.25) is 0 Å². The van der Waals surface area contributed by atoms with Gasteiger partial charge in [0.2, 0.25) is 18.1 Å². The molecular formula is C9H12N4O. The van der Waals surface area contributed by atoms with Crippen molar-refractivity contribution in [2.24, 2.45) is 10.9 Å². The molecule has 1 saturated carbocycles. The molecule has 5 heteroatoms. The van der Waals surface area contributed by atoms with E-state index < -0.39 is 0 Å². The van der Waals surface area contributed by atoms with Crippen molar-refractivity contribution < 1.29 is 4.79 Å². The van der Waals surface area contributed by atoms with E-state index >= 15 is 0 Å². The normalized spacial score (nSPS) is 24.2. The van der Waals surface area contributed by atoms with E-state index in [9.17, 15) is 4.79 Å². The second-order valence-electron chi connectivity index (χ2n) is 3.58. The fourth-order valence-electron chi connectivity index (χ4n) is 1.55. The number of nitrogens with zero attached hydrogens (tertiary/aromatic N) is 3. The molecule has 0 unspecified atom stereocenters. The molecule has 1 saturated heterocycles. The molecule has 0 atom stereocenters. The number of aliphatic imine (C=N–C) groups is 1. The lowest BCUT2D eigenvalue weighted by atomic mass is 10.3. The van der Waals surface area contributed by atoms with Crippen molar-refractivity contribution in [1.82, 2.24) is 10.2 Å². The smallest absolute Gasteiger partial charge is 0.232 e. The van der Waals surface area contributed by atoms with E-state index in [0.29, 0.717) is 12.5 Å². The molecule has 5 nitrogen and oxygen atoms in total. The summed E-state index contributed by atoms with van der Waals surface area (Å²) in [5.74, 6) is 0.723. The van der Waals surface area contributed by atoms with Gasteiger partial charge in [0.1, 0.15) is 0 Å². The van der Waals surface area contributed by atoms with E-state index in [-0.39, 0.29) is 11.8 Å². The maximum Gasteiger partial charge on any atom is 0.232 e. The van der Waals surface area contributed by atoms with Crippen LogP contribution in [0, 0.1) is 17.4 Å². The molecule has 0 bridgehead atoms. The minimum absolute atomic E-state index is 0.117. The van der Waals surface area contributed by atoms with Crippen LogP contribution in [0.1, 0.15) is 19.3 Å². The van der Waals surface area contributed by atoms with Gasteiger partial charge in [-0.15, -0.1) is 4.99 Å². The largest absolute Gasteiger partial charge is 0.355 e. The van der Waals surface area contributed by atoms with Gasteiger partial charge in [-0.3, -0.25) is 9.69 Å². The first kappa shape index (κ1) is 9.00. The van der Waals surface area contributed by atoms with Gasteiger partial charge >= 0.3 is 0 Å². The second kappa shape index (κ2) is 3.66. The molecule has 0 aromatic carbocycles. The number of carbonyl (C=O) groups is 1. The fraction of sp³-hybridized carbons (Fsp3) is 0.667. The molecule has 14 heavy (non-hydrogen) atoms. The van der Waals surface area contributed by atoms with Gasteiger partial charge in [0, 0.05) is 19.0 Å². The third kappa shape index (κ3) is 1.69. The van der Waals surface area contributed by atoms with Gasteiger partial charge in [-0.2, -0.15) is 5.26 Å². The number of rotatable bonds is 1. The van der Waals surface area contributed by atoms with Gasteiger partial charge < -0.3 is 5.32 Å². The van der Waals surface area contributed by atoms with E-state index in [1.54, 1.807) is 11.1 Å². The summed E-state index contributed by atoms with van der Waals surface area (Å²) < 4.78 is 0. The summed E-state index contributed by atoms with van der Waals surface area (Å²) in [7, 11) is 0. The van der Waals surface area contributed by atoms with Gasteiger partial charge in [0.25, 0.3) is 0 Å². The molecule has 0 aromatic rings. The van der Waals surface area contributed by atoms with Gasteiger partial charge in [-0.25, -0.2) is 0 Å². The maximum absolute atomic E-state index is 11.7. The summed E-state index contributed by atoms with van der Waals surface area (Å²) in [4.78, 5) is 17.0. The van der Waals surface area contributed by atoms with Crippen LogP contribution in [0.15, 0.2) is 4.99 Å². The predicted octanol–water partition coefficient (Wildman–Crippen LogP) is 0.0554. The van der Waals surface area contributed by atoms with E-state index in [2.05, 4.69) is 10.3 Å². The number of guanidine groups is 1. The minimum Gasteiger partial charge on any atom is -0.355 e. The summed E-state index contributed by atoms with van der Waals surface area (Å²) >= 11 is 0. The summed E-state index contributed by atoms with van der Waals surface area (Å²) in [6, 6.07) is 0. The highest BCUT2D eigenvalue weighted by Gasteiger charge is 2.36. The lowest BCUT2D eigenvalue weighted by Gasteiger charge is -2.28. The van der Waals surface area contributed by atoms with Crippen LogP contribution in [0.3, 0.4) is 0 Å². The molecule has 0 radical (unpaired) electrons. The van der Waals surface area contributed by atoms with Crippen LogP contribution in [0.4, 0.5) is 0 Å². The minimum atomic E-state index is 0.117. The lowest BCUT2D eigenvalue weighted by Crippen LogP contribution is -2.50. The van der Waals surface area contributed by atoms with Crippen LogP contribution >= 0.6 is 0 Å². The maximum atomic E-state index is 11.7. The summed E-state index contributed by atoms with van der Waals surface area (Å²) in [6.45, 7) is 1.47. The first-order chi connectivity index (χ1) is 6.83. The van der Waals surface area contributed by atoms with E-state index in [4.69, 9.17) is 5.26 Å². The Kier molecular flexibility index (Phi) is 2.35. The Hall–Kier alpha value is -1.57. The molecule has 1 aliphatic carbocycles. The van der Waals surface area contributed by atoms with Crippen LogP contribution in [-0.2, 0) is 4.79 Å². The monoisotopic (exact) mass is 192 g/mol. The van der Waals surface area contributed by atoms with Crippen LogP contribution in [0.5, 0.6) is 0 Å². The van der Waals surface area contributed by atoms with Crippen molar-refractivity contribution in [2.75, 3.05) is 13.1 Å². The highest BCUT2D eigenvalue weighted by molar-refractivity contribution is 5.99. The zero-order valence-electron chi connectivity index (χ0n) is 7.86. The van der Waals surface area contributed by atoms with Gasteiger partial charge in [0.15, 0.2) is 0 Å². The van der Waals surface area contributed by atoms with Gasteiger partial charge in [0.05, 0.1) is 0 Å². The molecule has 1 aliphatic heterocycles. The number of amides is 1. The molecule has 2 rings (SSSR count). The zero-order chi connectivity index (χ0) is 9.97. The van der Waals surface area contributed by atoms with Crippen molar-refractivity contribution >= 4 is 11.9 Å². The predicted molar refractivity (Wildman–Crippen MR) is 50.1 cm³/mol. The number of hydrogen-bond acceptors (Lipinski definition) is 3. The highest BCUT2D eigenvalue weighted by Crippen LogP contribution is 2.31. The second-order valence-corrected chi connectivity index (χ2v) is 3.58. The van der Waals surface area contributed by atoms with Crippen molar-refractivity contribution in [3.63, 3.8) is 0 Å². The average Bonchev–Trinajstić information content (AvgIpc) is 3.01. The molecular weight excluding hydrogens is 180 g/mol. The summed E-state index contributed by atoms with van der Waals surface area (Å²) in [5.41, 5.74) is 0. The number of carbonyl (C=O) groups excluding carboxylic acids is 1. The SMILES string of the molecule is N#CN=C1NCCCN1C(=O)C1CC1. The van der Waals surface area contributed by atoms with Crippen molar-refractivity contribution in [1.29, 1.82) is 5.26 Å². The first-order valence-electron chi connectivity index (χ1n) is 4.85. The fourth-order valence-corrected chi connectivity index (χ4v) is 1.55.